The third-order valence-electron chi connectivity index (χ3n) is 2.68. The molecule has 2 nitrogen and oxygen atoms in total. The van der Waals surface area contributed by atoms with Gasteiger partial charge in [0, 0.05) is 17.4 Å². The van der Waals surface area contributed by atoms with Gasteiger partial charge in [0.15, 0.2) is 0 Å². The van der Waals surface area contributed by atoms with E-state index in [0.717, 1.165) is 30.3 Å². The minimum Gasteiger partial charge on any atom is -0.353 e. The standard InChI is InChI=1S/C13H16BrF2NO/c1-2-11(5-6-14)17-13(18)7-9-3-4-10(15)8-12(9)16/h3-4,8,11H,2,5-7H2,1H3,(H,17,18). The van der Waals surface area contributed by atoms with Crippen molar-refractivity contribution in [3.05, 3.63) is 35.4 Å². The number of carbonyl (C=O) groups excluding carboxylic acids is 1. The van der Waals surface area contributed by atoms with Crippen molar-refractivity contribution < 1.29 is 13.6 Å². The summed E-state index contributed by atoms with van der Waals surface area (Å²) in [5.41, 5.74) is 0.211. The number of halogens is 3. The lowest BCUT2D eigenvalue weighted by Gasteiger charge is -2.15. The van der Waals surface area contributed by atoms with Crippen molar-refractivity contribution >= 4 is 21.8 Å². The summed E-state index contributed by atoms with van der Waals surface area (Å²) in [6, 6.07) is 3.33. The van der Waals surface area contributed by atoms with Crippen LogP contribution in [-0.4, -0.2) is 17.3 Å². The van der Waals surface area contributed by atoms with Gasteiger partial charge in [-0.15, -0.1) is 0 Å². The number of benzene rings is 1. The summed E-state index contributed by atoms with van der Waals surface area (Å²) in [6.45, 7) is 1.98. The maximum atomic E-state index is 13.4. The fourth-order valence-electron chi connectivity index (χ4n) is 1.63. The number of amides is 1. The van der Waals surface area contributed by atoms with Crippen LogP contribution >= 0.6 is 15.9 Å². The number of carbonyl (C=O) groups is 1. The molecule has 1 N–H and O–H groups in total. The van der Waals surface area contributed by atoms with Crippen molar-refractivity contribution in [2.75, 3.05) is 5.33 Å². The fraction of sp³-hybridized carbons (Fsp3) is 0.462. The lowest BCUT2D eigenvalue weighted by atomic mass is 10.1. The van der Waals surface area contributed by atoms with Gasteiger partial charge in [0.25, 0.3) is 0 Å². The summed E-state index contributed by atoms with van der Waals surface area (Å²) in [5.74, 6) is -1.56. The topological polar surface area (TPSA) is 29.1 Å². The van der Waals surface area contributed by atoms with Gasteiger partial charge in [-0.2, -0.15) is 0 Å². The molecule has 0 spiro atoms. The highest BCUT2D eigenvalue weighted by Gasteiger charge is 2.12. The van der Waals surface area contributed by atoms with Gasteiger partial charge >= 0.3 is 0 Å². The highest BCUT2D eigenvalue weighted by atomic mass is 79.9. The van der Waals surface area contributed by atoms with Crippen molar-refractivity contribution in [1.29, 1.82) is 0 Å². The Kier molecular flexibility index (Phi) is 6.25. The Balaban J connectivity index is 2.58. The molecule has 0 saturated carbocycles. The van der Waals surface area contributed by atoms with Crippen LogP contribution in [0.5, 0.6) is 0 Å². The van der Waals surface area contributed by atoms with Gasteiger partial charge in [0.05, 0.1) is 6.42 Å². The van der Waals surface area contributed by atoms with E-state index in [2.05, 4.69) is 21.2 Å². The zero-order valence-corrected chi connectivity index (χ0v) is 11.8. The van der Waals surface area contributed by atoms with E-state index < -0.39 is 11.6 Å². The van der Waals surface area contributed by atoms with Crippen LogP contribution in [0.4, 0.5) is 8.78 Å². The quantitative estimate of drug-likeness (QED) is 0.802. The zero-order valence-electron chi connectivity index (χ0n) is 10.2. The molecule has 0 heterocycles. The molecule has 0 fully saturated rings. The van der Waals surface area contributed by atoms with Crippen LogP contribution in [0.25, 0.3) is 0 Å². The molecule has 0 aromatic heterocycles. The predicted molar refractivity (Wildman–Crippen MR) is 70.7 cm³/mol. The van der Waals surface area contributed by atoms with Crippen molar-refractivity contribution in [3.63, 3.8) is 0 Å². The molecule has 1 amide bonds. The number of nitrogens with one attached hydrogen (secondary N) is 1. The van der Waals surface area contributed by atoms with E-state index in [1.54, 1.807) is 0 Å². The van der Waals surface area contributed by atoms with Crippen LogP contribution in [0, 0.1) is 11.6 Å². The van der Waals surface area contributed by atoms with Crippen molar-refractivity contribution in [2.45, 2.75) is 32.2 Å². The molecule has 0 bridgehead atoms. The molecule has 1 rings (SSSR count). The number of hydrogen-bond acceptors (Lipinski definition) is 1. The SMILES string of the molecule is CCC(CCBr)NC(=O)Cc1ccc(F)cc1F. The molecular formula is C13H16BrF2NO. The molecule has 5 heteroatoms. The molecule has 1 aromatic rings. The van der Waals surface area contributed by atoms with Crippen LogP contribution < -0.4 is 5.32 Å². The molecule has 0 aliphatic rings. The highest BCUT2D eigenvalue weighted by molar-refractivity contribution is 9.09. The second-order valence-corrected chi connectivity index (χ2v) is 4.86. The highest BCUT2D eigenvalue weighted by Crippen LogP contribution is 2.10. The van der Waals surface area contributed by atoms with Gasteiger partial charge < -0.3 is 5.32 Å². The van der Waals surface area contributed by atoms with Crippen LogP contribution in [0.1, 0.15) is 25.3 Å². The summed E-state index contributed by atoms with van der Waals surface area (Å²) in [5, 5.41) is 3.63. The normalized spacial score (nSPS) is 12.2. The lowest BCUT2D eigenvalue weighted by molar-refractivity contribution is -0.121. The third kappa shape index (κ3) is 4.72. The van der Waals surface area contributed by atoms with E-state index in [4.69, 9.17) is 0 Å². The monoisotopic (exact) mass is 319 g/mol. The van der Waals surface area contributed by atoms with Crippen LogP contribution in [0.3, 0.4) is 0 Å². The van der Waals surface area contributed by atoms with E-state index in [9.17, 15) is 13.6 Å². The number of hydrogen-bond donors (Lipinski definition) is 1. The van der Waals surface area contributed by atoms with Gasteiger partial charge in [-0.3, -0.25) is 4.79 Å². The Morgan fingerprint density at radius 1 is 1.44 bits per heavy atom. The summed E-state index contributed by atoms with van der Waals surface area (Å²) in [6.07, 6.45) is 1.59. The van der Waals surface area contributed by atoms with Crippen molar-refractivity contribution in [3.8, 4) is 0 Å². The molecule has 0 saturated heterocycles. The van der Waals surface area contributed by atoms with Gasteiger partial charge in [-0.25, -0.2) is 8.78 Å². The Labute approximate surface area is 114 Å². The lowest BCUT2D eigenvalue weighted by Crippen LogP contribution is -2.35. The maximum Gasteiger partial charge on any atom is 0.224 e. The molecule has 18 heavy (non-hydrogen) atoms. The van der Waals surface area contributed by atoms with Crippen LogP contribution in [-0.2, 0) is 11.2 Å². The largest absolute Gasteiger partial charge is 0.353 e. The summed E-state index contributed by atoms with van der Waals surface area (Å²) >= 11 is 3.31. The Hall–Kier alpha value is -0.970. The van der Waals surface area contributed by atoms with E-state index in [-0.39, 0.29) is 23.9 Å². The summed E-state index contributed by atoms with van der Waals surface area (Å²) in [4.78, 5) is 11.7. The third-order valence-corrected chi connectivity index (χ3v) is 3.14. The molecule has 1 aromatic carbocycles. The van der Waals surface area contributed by atoms with E-state index in [1.165, 1.54) is 6.07 Å². The van der Waals surface area contributed by atoms with Gasteiger partial charge in [-0.1, -0.05) is 28.9 Å². The first-order chi connectivity index (χ1) is 8.56. The second kappa shape index (κ2) is 7.46. The average Bonchev–Trinajstić information content (AvgIpc) is 2.32. The molecule has 0 radical (unpaired) electrons. The first-order valence-electron chi connectivity index (χ1n) is 5.86. The Morgan fingerprint density at radius 2 is 2.17 bits per heavy atom. The van der Waals surface area contributed by atoms with E-state index in [0.29, 0.717) is 0 Å². The molecule has 1 atom stereocenters. The fourth-order valence-corrected chi connectivity index (χ4v) is 2.18. The molecule has 0 aliphatic carbocycles. The van der Waals surface area contributed by atoms with Gasteiger partial charge in [0.1, 0.15) is 11.6 Å². The zero-order chi connectivity index (χ0) is 13.5. The smallest absolute Gasteiger partial charge is 0.224 e. The van der Waals surface area contributed by atoms with Gasteiger partial charge in [-0.05, 0) is 24.5 Å². The summed E-state index contributed by atoms with van der Waals surface area (Å²) < 4.78 is 26.1. The van der Waals surface area contributed by atoms with E-state index >= 15 is 0 Å². The summed E-state index contributed by atoms with van der Waals surface area (Å²) in [7, 11) is 0. The Morgan fingerprint density at radius 3 is 2.72 bits per heavy atom. The van der Waals surface area contributed by atoms with E-state index in [1.807, 2.05) is 6.92 Å². The minimum absolute atomic E-state index is 0.0646. The molecular weight excluding hydrogens is 304 g/mol. The predicted octanol–water partition coefficient (Wildman–Crippen LogP) is 3.19. The number of rotatable bonds is 6. The molecule has 1 unspecified atom stereocenters. The molecule has 100 valence electrons. The Bertz CT molecular complexity index is 412. The van der Waals surface area contributed by atoms with Crippen LogP contribution in [0.15, 0.2) is 18.2 Å². The van der Waals surface area contributed by atoms with Crippen molar-refractivity contribution in [1.82, 2.24) is 5.32 Å². The first-order valence-corrected chi connectivity index (χ1v) is 6.98. The number of alkyl halides is 1. The van der Waals surface area contributed by atoms with Crippen molar-refractivity contribution in [2.24, 2.45) is 0 Å². The maximum absolute atomic E-state index is 13.4. The van der Waals surface area contributed by atoms with Gasteiger partial charge in [0.2, 0.25) is 5.91 Å². The molecule has 0 aliphatic heterocycles. The minimum atomic E-state index is -0.682. The average molecular weight is 320 g/mol. The first kappa shape index (κ1) is 15.1. The second-order valence-electron chi connectivity index (χ2n) is 4.06. The van der Waals surface area contributed by atoms with Crippen LogP contribution in [0.2, 0.25) is 0 Å².